The zero-order chi connectivity index (χ0) is 12.5. The van der Waals surface area contributed by atoms with Crippen LogP contribution in [0.3, 0.4) is 0 Å². The lowest BCUT2D eigenvalue weighted by Gasteiger charge is -2.16. The van der Waals surface area contributed by atoms with Crippen molar-refractivity contribution in [3.63, 3.8) is 0 Å². The maximum atomic E-state index is 12.9. The number of aromatic nitrogens is 1. The number of aromatic amines is 1. The maximum absolute atomic E-state index is 12.9. The number of aryl methyl sites for hydroxylation is 1. The van der Waals surface area contributed by atoms with Crippen molar-refractivity contribution in [2.75, 3.05) is 0 Å². The van der Waals surface area contributed by atoms with Crippen LogP contribution in [0.1, 0.15) is 24.1 Å². The molecule has 18 heavy (non-hydrogen) atoms. The van der Waals surface area contributed by atoms with E-state index in [4.69, 9.17) is 0 Å². The van der Waals surface area contributed by atoms with Gasteiger partial charge in [0, 0.05) is 23.0 Å². The Morgan fingerprint density at radius 1 is 1.06 bits per heavy atom. The summed E-state index contributed by atoms with van der Waals surface area (Å²) in [6, 6.07) is 7.82. The van der Waals surface area contributed by atoms with E-state index in [9.17, 15) is 9.18 Å². The van der Waals surface area contributed by atoms with E-state index in [0.29, 0.717) is 0 Å². The minimum absolute atomic E-state index is 0.0998. The Morgan fingerprint density at radius 2 is 1.78 bits per heavy atom. The molecule has 2 nitrogen and oxygen atoms in total. The van der Waals surface area contributed by atoms with Crippen LogP contribution in [0.5, 0.6) is 0 Å². The van der Waals surface area contributed by atoms with E-state index in [1.807, 2.05) is 0 Å². The van der Waals surface area contributed by atoms with Crippen LogP contribution in [0.2, 0.25) is 0 Å². The Kier molecular flexibility index (Phi) is 2.74. The molecule has 0 radical (unpaired) electrons. The standard InChI is InChI=1S/C15H14FNO/c16-11-7-5-10(6-8-11)14-9-15(18)12-3-1-2-4-13(12)17-14/h5-9H,1-4H2,(H,17,18). The van der Waals surface area contributed by atoms with Crippen LogP contribution in [0.4, 0.5) is 4.39 Å². The van der Waals surface area contributed by atoms with E-state index >= 15 is 0 Å². The van der Waals surface area contributed by atoms with E-state index in [1.165, 1.54) is 12.1 Å². The van der Waals surface area contributed by atoms with Crippen LogP contribution in [0, 0.1) is 5.82 Å². The van der Waals surface area contributed by atoms with Crippen molar-refractivity contribution in [1.82, 2.24) is 4.98 Å². The van der Waals surface area contributed by atoms with Crippen molar-refractivity contribution in [3.8, 4) is 11.3 Å². The second-order valence-electron chi connectivity index (χ2n) is 4.72. The molecule has 2 aromatic rings. The molecule has 0 bridgehead atoms. The van der Waals surface area contributed by atoms with Gasteiger partial charge < -0.3 is 4.98 Å². The number of halogens is 1. The van der Waals surface area contributed by atoms with Gasteiger partial charge >= 0.3 is 0 Å². The van der Waals surface area contributed by atoms with Gasteiger partial charge in [0.05, 0.1) is 0 Å². The summed E-state index contributed by atoms with van der Waals surface area (Å²) in [5.74, 6) is -0.265. The Morgan fingerprint density at radius 3 is 2.56 bits per heavy atom. The largest absolute Gasteiger partial charge is 0.358 e. The summed E-state index contributed by atoms with van der Waals surface area (Å²) in [4.78, 5) is 15.3. The number of pyridine rings is 1. The lowest BCUT2D eigenvalue weighted by atomic mass is 9.95. The Bertz CT molecular complexity index is 628. The molecule has 1 N–H and O–H groups in total. The second kappa shape index (κ2) is 4.41. The Balaban J connectivity index is 2.11. The summed E-state index contributed by atoms with van der Waals surface area (Å²) >= 11 is 0. The number of fused-ring (bicyclic) bond motifs is 1. The van der Waals surface area contributed by atoms with Gasteiger partial charge in [0.25, 0.3) is 0 Å². The first-order valence-electron chi connectivity index (χ1n) is 6.25. The molecule has 0 saturated carbocycles. The highest BCUT2D eigenvalue weighted by atomic mass is 19.1. The molecule has 1 heterocycles. The molecule has 0 unspecified atom stereocenters. The first-order chi connectivity index (χ1) is 8.74. The molecule has 3 rings (SSSR count). The molecule has 1 aliphatic rings. The predicted molar refractivity (Wildman–Crippen MR) is 69.1 cm³/mol. The molecule has 1 aromatic carbocycles. The van der Waals surface area contributed by atoms with Crippen molar-refractivity contribution >= 4 is 0 Å². The van der Waals surface area contributed by atoms with Gasteiger partial charge in [-0.3, -0.25) is 4.79 Å². The van der Waals surface area contributed by atoms with Crippen molar-refractivity contribution in [2.24, 2.45) is 0 Å². The fraction of sp³-hybridized carbons (Fsp3) is 0.267. The molecule has 0 saturated heterocycles. The number of H-pyrrole nitrogens is 1. The summed E-state index contributed by atoms with van der Waals surface area (Å²) in [5, 5.41) is 0. The van der Waals surface area contributed by atoms with Crippen molar-refractivity contribution in [1.29, 1.82) is 0 Å². The molecule has 0 atom stereocenters. The molecule has 1 aromatic heterocycles. The number of benzene rings is 1. The number of hydrogen-bond donors (Lipinski definition) is 1. The summed E-state index contributed by atoms with van der Waals surface area (Å²) in [6.07, 6.45) is 4.01. The van der Waals surface area contributed by atoms with Gasteiger partial charge in [-0.2, -0.15) is 0 Å². The van der Waals surface area contributed by atoms with Crippen LogP contribution < -0.4 is 5.43 Å². The fourth-order valence-electron chi connectivity index (χ4n) is 2.52. The molecule has 0 fully saturated rings. The average molecular weight is 243 g/mol. The molecule has 0 aliphatic heterocycles. The molecular formula is C15H14FNO. The van der Waals surface area contributed by atoms with Gasteiger partial charge in [-0.1, -0.05) is 0 Å². The van der Waals surface area contributed by atoms with Crippen LogP contribution in [0.15, 0.2) is 35.1 Å². The van der Waals surface area contributed by atoms with E-state index < -0.39 is 0 Å². The third-order valence-corrected chi connectivity index (χ3v) is 3.48. The van der Waals surface area contributed by atoms with Gasteiger partial charge in [-0.25, -0.2) is 4.39 Å². The summed E-state index contributed by atoms with van der Waals surface area (Å²) in [7, 11) is 0. The minimum atomic E-state index is -0.265. The molecule has 0 amide bonds. The summed E-state index contributed by atoms with van der Waals surface area (Å²) in [6.45, 7) is 0. The third-order valence-electron chi connectivity index (χ3n) is 3.48. The van der Waals surface area contributed by atoms with Crippen LogP contribution in [-0.2, 0) is 12.8 Å². The normalized spacial score (nSPS) is 14.3. The monoisotopic (exact) mass is 243 g/mol. The molecule has 0 spiro atoms. The van der Waals surface area contributed by atoms with E-state index in [0.717, 1.165) is 48.2 Å². The predicted octanol–water partition coefficient (Wildman–Crippen LogP) is 3.06. The lowest BCUT2D eigenvalue weighted by molar-refractivity contribution is 0.628. The van der Waals surface area contributed by atoms with Crippen LogP contribution in [-0.4, -0.2) is 4.98 Å². The van der Waals surface area contributed by atoms with E-state index in [1.54, 1.807) is 18.2 Å². The van der Waals surface area contributed by atoms with E-state index in [-0.39, 0.29) is 11.2 Å². The van der Waals surface area contributed by atoms with Crippen molar-refractivity contribution in [3.05, 3.63) is 57.6 Å². The quantitative estimate of drug-likeness (QED) is 0.820. The smallest absolute Gasteiger partial charge is 0.185 e. The van der Waals surface area contributed by atoms with E-state index in [2.05, 4.69) is 4.98 Å². The number of rotatable bonds is 1. The van der Waals surface area contributed by atoms with Crippen LogP contribution >= 0.6 is 0 Å². The van der Waals surface area contributed by atoms with Gasteiger partial charge in [-0.05, 0) is 55.5 Å². The first kappa shape index (κ1) is 11.2. The van der Waals surface area contributed by atoms with Gasteiger partial charge in [0.15, 0.2) is 5.43 Å². The Labute approximate surface area is 104 Å². The highest BCUT2D eigenvalue weighted by Gasteiger charge is 2.14. The van der Waals surface area contributed by atoms with Crippen LogP contribution in [0.25, 0.3) is 11.3 Å². The Hall–Kier alpha value is -1.90. The summed E-state index contributed by atoms with van der Waals surface area (Å²) < 4.78 is 12.9. The SMILES string of the molecule is O=c1cc(-c2ccc(F)cc2)[nH]c2c1CCCC2. The van der Waals surface area contributed by atoms with Gasteiger partial charge in [0.1, 0.15) is 5.82 Å². The van der Waals surface area contributed by atoms with Crippen molar-refractivity contribution < 1.29 is 4.39 Å². The lowest BCUT2D eigenvalue weighted by Crippen LogP contribution is -2.17. The highest BCUT2D eigenvalue weighted by molar-refractivity contribution is 5.59. The summed E-state index contributed by atoms with van der Waals surface area (Å²) in [5.41, 5.74) is 3.70. The van der Waals surface area contributed by atoms with Gasteiger partial charge in [-0.15, -0.1) is 0 Å². The molecule has 92 valence electrons. The fourth-order valence-corrected chi connectivity index (χ4v) is 2.52. The number of hydrogen-bond acceptors (Lipinski definition) is 1. The second-order valence-corrected chi connectivity index (χ2v) is 4.72. The zero-order valence-electron chi connectivity index (χ0n) is 10.0. The average Bonchev–Trinajstić information content (AvgIpc) is 2.39. The van der Waals surface area contributed by atoms with Gasteiger partial charge in [0.2, 0.25) is 0 Å². The molecule has 3 heteroatoms. The highest BCUT2D eigenvalue weighted by Crippen LogP contribution is 2.21. The maximum Gasteiger partial charge on any atom is 0.185 e. The minimum Gasteiger partial charge on any atom is -0.358 e. The van der Waals surface area contributed by atoms with Crippen molar-refractivity contribution in [2.45, 2.75) is 25.7 Å². The first-order valence-corrected chi connectivity index (χ1v) is 6.25. The third kappa shape index (κ3) is 1.96. The number of nitrogens with one attached hydrogen (secondary N) is 1. The zero-order valence-corrected chi connectivity index (χ0v) is 10.0. The topological polar surface area (TPSA) is 32.9 Å². The molecular weight excluding hydrogens is 229 g/mol. The molecule has 1 aliphatic carbocycles.